The minimum atomic E-state index is -3.47. The number of hydrogen-bond acceptors (Lipinski definition) is 6. The van der Waals surface area contributed by atoms with Crippen LogP contribution >= 0.6 is 11.3 Å². The van der Waals surface area contributed by atoms with Crippen LogP contribution in [0.2, 0.25) is 0 Å². The van der Waals surface area contributed by atoms with Crippen LogP contribution in [0, 0.1) is 6.92 Å². The molecule has 1 unspecified atom stereocenters. The number of amides is 2. The van der Waals surface area contributed by atoms with Gasteiger partial charge in [0, 0.05) is 12.1 Å². The highest BCUT2D eigenvalue weighted by atomic mass is 32.2. The molecule has 1 fully saturated rings. The largest absolute Gasteiger partial charge is 0.281 e. The van der Waals surface area contributed by atoms with Crippen molar-refractivity contribution in [3.05, 3.63) is 40.9 Å². The summed E-state index contributed by atoms with van der Waals surface area (Å²) < 4.78 is 24.6. The van der Waals surface area contributed by atoms with E-state index in [-0.39, 0.29) is 0 Å². The zero-order chi connectivity index (χ0) is 19.6. The SMILES string of the molecule is Cc1nc(-c2ccccc2)sc1C(=O)NNC(=O)C1CCCN1S(C)(=O)=O. The second kappa shape index (κ2) is 7.75. The lowest BCUT2D eigenvalue weighted by molar-refractivity contribution is -0.124. The van der Waals surface area contributed by atoms with Crippen LogP contribution in [0.3, 0.4) is 0 Å². The third kappa shape index (κ3) is 4.34. The van der Waals surface area contributed by atoms with Crippen LogP contribution in [0.25, 0.3) is 10.6 Å². The summed E-state index contributed by atoms with van der Waals surface area (Å²) in [5.41, 5.74) is 6.16. The lowest BCUT2D eigenvalue weighted by Crippen LogP contribution is -2.51. The molecule has 1 saturated heterocycles. The van der Waals surface area contributed by atoms with Gasteiger partial charge in [0.05, 0.1) is 11.9 Å². The fourth-order valence-corrected chi connectivity index (χ4v) is 5.06. The molecule has 0 bridgehead atoms. The Morgan fingerprint density at radius 2 is 1.93 bits per heavy atom. The van der Waals surface area contributed by atoms with Gasteiger partial charge >= 0.3 is 0 Å². The summed E-state index contributed by atoms with van der Waals surface area (Å²) >= 11 is 1.23. The van der Waals surface area contributed by atoms with E-state index in [2.05, 4.69) is 15.8 Å². The van der Waals surface area contributed by atoms with E-state index in [0.29, 0.717) is 35.0 Å². The number of sulfonamides is 1. The number of aryl methyl sites for hydroxylation is 1. The molecule has 27 heavy (non-hydrogen) atoms. The quantitative estimate of drug-likeness (QED) is 0.742. The molecule has 1 aromatic heterocycles. The first-order valence-electron chi connectivity index (χ1n) is 8.37. The molecule has 1 aliphatic rings. The van der Waals surface area contributed by atoms with Crippen LogP contribution in [0.5, 0.6) is 0 Å². The molecule has 144 valence electrons. The van der Waals surface area contributed by atoms with Gasteiger partial charge in [-0.15, -0.1) is 11.3 Å². The van der Waals surface area contributed by atoms with E-state index in [4.69, 9.17) is 0 Å². The fraction of sp³-hybridized carbons (Fsp3) is 0.353. The molecular weight excluding hydrogens is 388 g/mol. The Balaban J connectivity index is 1.66. The number of hydrazine groups is 1. The van der Waals surface area contributed by atoms with Gasteiger partial charge in [0.25, 0.3) is 11.8 Å². The van der Waals surface area contributed by atoms with E-state index in [1.807, 2.05) is 30.3 Å². The summed E-state index contributed by atoms with van der Waals surface area (Å²) in [7, 11) is -3.47. The number of hydrogen-bond donors (Lipinski definition) is 2. The third-order valence-electron chi connectivity index (χ3n) is 4.26. The number of thiazole rings is 1. The van der Waals surface area contributed by atoms with Crippen LogP contribution in [-0.4, -0.2) is 48.4 Å². The van der Waals surface area contributed by atoms with Crippen molar-refractivity contribution in [2.24, 2.45) is 0 Å². The number of nitrogens with zero attached hydrogens (tertiary/aromatic N) is 2. The highest BCUT2D eigenvalue weighted by Gasteiger charge is 2.36. The molecule has 1 atom stereocenters. The first kappa shape index (κ1) is 19.5. The molecule has 8 nitrogen and oxygen atoms in total. The highest BCUT2D eigenvalue weighted by molar-refractivity contribution is 7.88. The van der Waals surface area contributed by atoms with Crippen LogP contribution in [-0.2, 0) is 14.8 Å². The van der Waals surface area contributed by atoms with Gasteiger partial charge in [-0.1, -0.05) is 30.3 Å². The minimum Gasteiger partial charge on any atom is -0.271 e. The summed E-state index contributed by atoms with van der Waals surface area (Å²) in [6.07, 6.45) is 2.10. The van der Waals surface area contributed by atoms with Gasteiger partial charge in [-0.05, 0) is 19.8 Å². The Morgan fingerprint density at radius 1 is 1.22 bits per heavy atom. The summed E-state index contributed by atoms with van der Waals surface area (Å²) in [5, 5.41) is 0.712. The van der Waals surface area contributed by atoms with E-state index in [1.165, 1.54) is 11.3 Å². The molecule has 2 heterocycles. The number of carbonyl (C=O) groups excluding carboxylic acids is 2. The average Bonchev–Trinajstić information content (AvgIpc) is 3.27. The summed E-state index contributed by atoms with van der Waals surface area (Å²) in [6.45, 7) is 2.03. The second-order valence-electron chi connectivity index (χ2n) is 6.27. The smallest absolute Gasteiger partial charge is 0.271 e. The maximum Gasteiger partial charge on any atom is 0.281 e. The van der Waals surface area contributed by atoms with Crippen LogP contribution in [0.1, 0.15) is 28.2 Å². The Hall–Kier alpha value is -2.30. The fourth-order valence-electron chi connectivity index (χ4n) is 2.97. The normalized spacial score (nSPS) is 17.6. The van der Waals surface area contributed by atoms with Crippen molar-refractivity contribution >= 4 is 33.2 Å². The number of benzene rings is 1. The van der Waals surface area contributed by atoms with Gasteiger partial charge in [0.15, 0.2) is 0 Å². The molecule has 2 N–H and O–H groups in total. The number of nitrogens with one attached hydrogen (secondary N) is 2. The summed E-state index contributed by atoms with van der Waals surface area (Å²) in [4.78, 5) is 29.5. The number of aromatic nitrogens is 1. The Bertz CT molecular complexity index is 957. The Labute approximate surface area is 161 Å². The van der Waals surface area contributed by atoms with Crippen molar-refractivity contribution in [2.75, 3.05) is 12.8 Å². The first-order chi connectivity index (χ1) is 12.8. The zero-order valence-electron chi connectivity index (χ0n) is 14.9. The molecule has 1 aliphatic heterocycles. The van der Waals surface area contributed by atoms with Crippen molar-refractivity contribution < 1.29 is 18.0 Å². The molecule has 3 rings (SSSR count). The van der Waals surface area contributed by atoms with Gasteiger partial charge in [-0.2, -0.15) is 4.31 Å². The van der Waals surface area contributed by atoms with Crippen molar-refractivity contribution in [1.82, 2.24) is 20.1 Å². The maximum absolute atomic E-state index is 12.4. The van der Waals surface area contributed by atoms with Crippen molar-refractivity contribution in [1.29, 1.82) is 0 Å². The number of carbonyl (C=O) groups is 2. The Morgan fingerprint density at radius 3 is 2.59 bits per heavy atom. The van der Waals surface area contributed by atoms with Crippen molar-refractivity contribution in [3.63, 3.8) is 0 Å². The van der Waals surface area contributed by atoms with Gasteiger partial charge < -0.3 is 0 Å². The van der Waals surface area contributed by atoms with Crippen LogP contribution in [0.4, 0.5) is 0 Å². The molecule has 2 aromatic rings. The first-order valence-corrected chi connectivity index (χ1v) is 11.0. The third-order valence-corrected chi connectivity index (χ3v) is 6.75. The standard InChI is InChI=1S/C17H20N4O4S2/c1-11-14(26-17(18-11)12-7-4-3-5-8-12)16(23)20-19-15(22)13-9-6-10-21(13)27(2,24)25/h3-5,7-8,13H,6,9-10H2,1-2H3,(H,19,22)(H,20,23). The van der Waals surface area contributed by atoms with E-state index in [1.54, 1.807) is 6.92 Å². The van der Waals surface area contributed by atoms with E-state index in [9.17, 15) is 18.0 Å². The van der Waals surface area contributed by atoms with E-state index >= 15 is 0 Å². The molecule has 0 spiro atoms. The number of rotatable bonds is 4. The van der Waals surface area contributed by atoms with Gasteiger partial charge in [0.2, 0.25) is 10.0 Å². The lowest BCUT2D eigenvalue weighted by Gasteiger charge is -2.21. The van der Waals surface area contributed by atoms with Crippen LogP contribution in [0.15, 0.2) is 30.3 Å². The second-order valence-corrected chi connectivity index (χ2v) is 9.21. The Kier molecular flexibility index (Phi) is 5.59. The predicted molar refractivity (Wildman–Crippen MR) is 102 cm³/mol. The lowest BCUT2D eigenvalue weighted by atomic mass is 10.2. The maximum atomic E-state index is 12.4. The molecule has 0 saturated carbocycles. The molecule has 0 radical (unpaired) electrons. The van der Waals surface area contributed by atoms with Crippen molar-refractivity contribution in [2.45, 2.75) is 25.8 Å². The predicted octanol–water partition coefficient (Wildman–Crippen LogP) is 1.30. The van der Waals surface area contributed by atoms with E-state index in [0.717, 1.165) is 16.1 Å². The molecule has 10 heteroatoms. The highest BCUT2D eigenvalue weighted by Crippen LogP contribution is 2.27. The molecular formula is C17H20N4O4S2. The molecule has 2 amide bonds. The molecule has 0 aliphatic carbocycles. The summed E-state index contributed by atoms with van der Waals surface area (Å²) in [5.74, 6) is -1.03. The average molecular weight is 409 g/mol. The van der Waals surface area contributed by atoms with Crippen molar-refractivity contribution in [3.8, 4) is 10.6 Å². The van der Waals surface area contributed by atoms with Gasteiger partial charge in [-0.3, -0.25) is 20.4 Å². The van der Waals surface area contributed by atoms with Crippen LogP contribution < -0.4 is 10.9 Å². The minimum absolute atomic E-state index is 0.305. The summed E-state index contributed by atoms with van der Waals surface area (Å²) in [6, 6.07) is 8.68. The zero-order valence-corrected chi connectivity index (χ0v) is 16.6. The van der Waals surface area contributed by atoms with Gasteiger partial charge in [0.1, 0.15) is 15.9 Å². The topological polar surface area (TPSA) is 108 Å². The monoisotopic (exact) mass is 408 g/mol. The van der Waals surface area contributed by atoms with Gasteiger partial charge in [-0.25, -0.2) is 13.4 Å². The molecule has 1 aromatic carbocycles. The van der Waals surface area contributed by atoms with E-state index < -0.39 is 27.9 Å².